The summed E-state index contributed by atoms with van der Waals surface area (Å²) < 4.78 is 19.7. The highest BCUT2D eigenvalue weighted by Gasteiger charge is 2.31. The summed E-state index contributed by atoms with van der Waals surface area (Å²) in [4.78, 5) is 34.4. The molecule has 0 unspecified atom stereocenters. The number of nitrogens with one attached hydrogen (secondary N) is 1. The Bertz CT molecular complexity index is 1890. The van der Waals surface area contributed by atoms with Gasteiger partial charge in [0.1, 0.15) is 5.39 Å². The maximum Gasteiger partial charge on any atom is 0.278 e. The molecule has 43 heavy (non-hydrogen) atoms. The predicted octanol–water partition coefficient (Wildman–Crippen LogP) is 3.00. The molecule has 5 heterocycles. The summed E-state index contributed by atoms with van der Waals surface area (Å²) in [5.41, 5.74) is 5.01. The maximum atomic E-state index is 13.4. The van der Waals surface area contributed by atoms with Crippen molar-refractivity contribution in [3.05, 3.63) is 70.7 Å². The van der Waals surface area contributed by atoms with Gasteiger partial charge in [0.25, 0.3) is 5.56 Å². The first-order chi connectivity index (χ1) is 20.5. The van der Waals surface area contributed by atoms with E-state index in [-0.39, 0.29) is 12.1 Å². The van der Waals surface area contributed by atoms with Crippen molar-refractivity contribution < 1.29 is 4.21 Å². The molecule has 6 rings (SSSR count). The summed E-state index contributed by atoms with van der Waals surface area (Å²) in [7, 11) is 3.98. The van der Waals surface area contributed by atoms with E-state index >= 15 is 0 Å². The number of nitrogens with zero attached hydrogens (tertiary/aromatic N) is 9. The number of likely N-dealkylation sites (N-methyl/N-ethyl adjacent to an activating group) is 2. The minimum Gasteiger partial charge on any atom is -0.368 e. The first kappa shape index (κ1) is 29.0. The second kappa shape index (κ2) is 11.2. The summed E-state index contributed by atoms with van der Waals surface area (Å²) in [5.74, 6) is 1.11. The number of pyridine rings is 1. The van der Waals surface area contributed by atoms with E-state index in [2.05, 4.69) is 74.2 Å². The summed E-state index contributed by atoms with van der Waals surface area (Å²) in [6, 6.07) is 10.1. The topological polar surface area (TPSA) is 117 Å². The fraction of sp³-hybridized carbons (Fsp3) is 0.400. The molecule has 4 aromatic rings. The van der Waals surface area contributed by atoms with Crippen LogP contribution in [0.25, 0.3) is 16.9 Å². The van der Waals surface area contributed by atoms with Gasteiger partial charge < -0.3 is 20.0 Å². The lowest BCUT2D eigenvalue weighted by Gasteiger charge is -2.46. The smallest absolute Gasteiger partial charge is 0.278 e. The van der Waals surface area contributed by atoms with Crippen LogP contribution in [0.1, 0.15) is 11.1 Å². The van der Waals surface area contributed by atoms with Crippen LogP contribution in [0.5, 0.6) is 0 Å². The molecule has 1 N–H and O–H groups in total. The fourth-order valence-electron chi connectivity index (χ4n) is 5.69. The van der Waals surface area contributed by atoms with Gasteiger partial charge in [-0.1, -0.05) is 12.1 Å². The zero-order chi connectivity index (χ0) is 30.5. The minimum atomic E-state index is -2.43. The van der Waals surface area contributed by atoms with Crippen LogP contribution in [0.3, 0.4) is 0 Å². The van der Waals surface area contributed by atoms with E-state index in [0.717, 1.165) is 38.3 Å². The summed E-state index contributed by atoms with van der Waals surface area (Å²) in [6.45, 7) is 7.96. The highest BCUT2D eigenvalue weighted by molar-refractivity contribution is 7.92. The number of benzene rings is 1. The Morgan fingerprint density at radius 3 is 2.72 bits per heavy atom. The number of hydrogen-bond acceptors (Lipinski definition) is 10. The van der Waals surface area contributed by atoms with E-state index in [0.29, 0.717) is 34.7 Å². The third kappa shape index (κ3) is 5.79. The molecule has 0 atom stereocenters. The van der Waals surface area contributed by atoms with Crippen LogP contribution in [0.4, 0.5) is 23.1 Å². The minimum absolute atomic E-state index is 0.241. The molecule has 13 heteroatoms. The van der Waals surface area contributed by atoms with E-state index < -0.39 is 9.73 Å². The van der Waals surface area contributed by atoms with Gasteiger partial charge >= 0.3 is 0 Å². The molecule has 2 aliphatic heterocycles. The zero-order valence-electron chi connectivity index (χ0n) is 25.3. The highest BCUT2D eigenvalue weighted by atomic mass is 32.2. The Kier molecular flexibility index (Phi) is 7.57. The quantitative estimate of drug-likeness (QED) is 0.304. The van der Waals surface area contributed by atoms with Gasteiger partial charge in [-0.25, -0.2) is 23.5 Å². The van der Waals surface area contributed by atoms with Crippen molar-refractivity contribution in [3.8, 4) is 5.82 Å². The summed E-state index contributed by atoms with van der Waals surface area (Å²) >= 11 is 0. The normalized spacial score (nSPS) is 15.9. The Balaban J connectivity index is 1.42. The van der Waals surface area contributed by atoms with Crippen molar-refractivity contribution in [2.45, 2.75) is 25.6 Å². The van der Waals surface area contributed by atoms with Gasteiger partial charge in [0.05, 0.1) is 6.54 Å². The molecule has 1 aromatic carbocycles. The largest absolute Gasteiger partial charge is 0.368 e. The SMILES string of the molecule is C=CCn1c(=O)c2cnc(Nc3cc4c(c(N5CC(N(C)C)C5)c3)CCN(C)C4)nc2n1-c1cccc(N=S(C)(C)=O)n1. The summed E-state index contributed by atoms with van der Waals surface area (Å²) in [6.07, 6.45) is 7.31. The molecule has 0 radical (unpaired) electrons. The predicted molar refractivity (Wildman–Crippen MR) is 173 cm³/mol. The van der Waals surface area contributed by atoms with E-state index in [1.807, 2.05) is 0 Å². The molecule has 226 valence electrons. The third-order valence-corrected chi connectivity index (χ3v) is 8.55. The van der Waals surface area contributed by atoms with Gasteiger partial charge in [-0.05, 0) is 63.0 Å². The molecule has 2 aliphatic rings. The van der Waals surface area contributed by atoms with Crippen molar-refractivity contribution in [1.29, 1.82) is 0 Å². The Hall–Kier alpha value is -4.07. The fourth-order valence-corrected chi connectivity index (χ4v) is 6.25. The lowest BCUT2D eigenvalue weighted by molar-refractivity contribution is 0.246. The van der Waals surface area contributed by atoms with Crippen molar-refractivity contribution in [2.24, 2.45) is 4.36 Å². The zero-order valence-corrected chi connectivity index (χ0v) is 26.1. The second-order valence-electron chi connectivity index (χ2n) is 11.8. The molecule has 0 saturated carbocycles. The van der Waals surface area contributed by atoms with Crippen molar-refractivity contribution in [2.75, 3.05) is 63.5 Å². The Labute approximate surface area is 251 Å². The van der Waals surface area contributed by atoms with Crippen LogP contribution in [0.15, 0.2) is 58.3 Å². The molecule has 1 fully saturated rings. The van der Waals surface area contributed by atoms with Crippen LogP contribution in [-0.2, 0) is 29.2 Å². The van der Waals surface area contributed by atoms with Crippen LogP contribution in [-0.4, -0.2) is 97.7 Å². The molecule has 0 spiro atoms. The van der Waals surface area contributed by atoms with Gasteiger partial charge in [-0.15, -0.1) is 6.58 Å². The number of fused-ring (bicyclic) bond motifs is 2. The van der Waals surface area contributed by atoms with Crippen LogP contribution in [0, 0.1) is 0 Å². The van der Waals surface area contributed by atoms with Crippen molar-refractivity contribution in [1.82, 2.24) is 34.1 Å². The number of rotatable bonds is 8. The van der Waals surface area contributed by atoms with Gasteiger partial charge in [-0.2, -0.15) is 9.35 Å². The van der Waals surface area contributed by atoms with Gasteiger partial charge in [0.2, 0.25) is 5.95 Å². The molecule has 0 bridgehead atoms. The number of hydrogen-bond donors (Lipinski definition) is 1. The van der Waals surface area contributed by atoms with E-state index in [9.17, 15) is 9.00 Å². The Morgan fingerprint density at radius 2 is 2.00 bits per heavy atom. The molecule has 12 nitrogen and oxygen atoms in total. The summed E-state index contributed by atoms with van der Waals surface area (Å²) in [5, 5.41) is 3.78. The number of allylic oxidation sites excluding steroid dienone is 1. The average molecular weight is 603 g/mol. The van der Waals surface area contributed by atoms with E-state index in [4.69, 9.17) is 4.98 Å². The standard InChI is InChI=1S/C30H38N10O2S/c1-7-12-39-29(41)24-16-31-30(34-28(24)40(39)27-10-8-9-26(33-27)35-43(5,6)42)32-21-14-20-17-37(4)13-11-23(20)25(15-21)38-18-22(19-38)36(2)3/h7-10,14-16,22H,1,11-13,17-19H2,2-6H3,(H,31,32,34). The Morgan fingerprint density at radius 1 is 1.21 bits per heavy atom. The van der Waals surface area contributed by atoms with Crippen molar-refractivity contribution in [3.63, 3.8) is 0 Å². The van der Waals surface area contributed by atoms with Gasteiger partial charge in [0, 0.05) is 72.0 Å². The van der Waals surface area contributed by atoms with Crippen molar-refractivity contribution >= 4 is 43.9 Å². The van der Waals surface area contributed by atoms with Crippen LogP contribution < -0.4 is 15.8 Å². The van der Waals surface area contributed by atoms with E-state index in [1.165, 1.54) is 21.5 Å². The first-order valence-corrected chi connectivity index (χ1v) is 16.6. The second-order valence-corrected chi connectivity index (χ2v) is 14.4. The highest BCUT2D eigenvalue weighted by Crippen LogP contribution is 2.36. The van der Waals surface area contributed by atoms with Gasteiger partial charge in [-0.3, -0.25) is 4.79 Å². The van der Waals surface area contributed by atoms with Crippen LogP contribution >= 0.6 is 0 Å². The lowest BCUT2D eigenvalue weighted by atomic mass is 9.94. The van der Waals surface area contributed by atoms with Gasteiger partial charge in [0.15, 0.2) is 17.3 Å². The maximum absolute atomic E-state index is 13.4. The molecular formula is C30H38N10O2S. The molecule has 0 aliphatic carbocycles. The number of anilines is 3. The molecular weight excluding hydrogens is 564 g/mol. The average Bonchev–Trinajstić information content (AvgIpc) is 3.17. The number of aromatic nitrogens is 5. The lowest BCUT2D eigenvalue weighted by Crippen LogP contribution is -2.57. The third-order valence-electron chi connectivity index (χ3n) is 7.92. The molecule has 0 amide bonds. The van der Waals surface area contributed by atoms with E-state index in [1.54, 1.807) is 47.7 Å². The monoisotopic (exact) mass is 602 g/mol. The first-order valence-electron chi connectivity index (χ1n) is 14.3. The molecule has 3 aromatic heterocycles. The van der Waals surface area contributed by atoms with Crippen LogP contribution in [0.2, 0.25) is 0 Å². The molecule has 1 saturated heterocycles.